The van der Waals surface area contributed by atoms with E-state index in [1.165, 1.54) is 12.1 Å². The molecule has 1 saturated heterocycles. The number of β-amino-alcohol motifs (C(OH)–C–C–N with tert-alkyl or cyclic N) is 1. The lowest BCUT2D eigenvalue weighted by Crippen LogP contribution is -2.39. The average Bonchev–Trinajstić information content (AvgIpc) is 2.73. The number of fused-ring (bicyclic) bond motifs is 1. The van der Waals surface area contributed by atoms with Gasteiger partial charge in [-0.3, -0.25) is 9.69 Å². The van der Waals surface area contributed by atoms with Crippen LogP contribution in [0.1, 0.15) is 34.0 Å². The van der Waals surface area contributed by atoms with Crippen LogP contribution in [0.3, 0.4) is 0 Å². The van der Waals surface area contributed by atoms with E-state index >= 15 is 0 Å². The number of hydrogen-bond acceptors (Lipinski definition) is 4. The number of aliphatic hydroxyl groups is 1. The van der Waals surface area contributed by atoms with Crippen LogP contribution in [0.4, 0.5) is 10.1 Å². The van der Waals surface area contributed by atoms with Gasteiger partial charge in [0.2, 0.25) is 0 Å². The van der Waals surface area contributed by atoms with Gasteiger partial charge in [0.15, 0.2) is 0 Å². The molecular formula is C22H25FN2O3. The molecule has 2 aliphatic rings. The molecule has 1 atom stereocenters. The third-order valence-electron chi connectivity index (χ3n) is 5.49. The quantitative estimate of drug-likeness (QED) is 0.881. The van der Waals surface area contributed by atoms with Gasteiger partial charge >= 0.3 is 0 Å². The van der Waals surface area contributed by atoms with Crippen molar-refractivity contribution in [3.05, 3.63) is 65.0 Å². The number of halogens is 1. The molecule has 2 aliphatic heterocycles. The maximum atomic E-state index is 14.1. The minimum Gasteiger partial charge on any atom is -0.387 e. The normalized spacial score (nSPS) is 18.6. The summed E-state index contributed by atoms with van der Waals surface area (Å²) in [6, 6.07) is 11.8. The highest BCUT2D eigenvalue weighted by molar-refractivity contribution is 6.06. The second-order valence-corrected chi connectivity index (χ2v) is 7.36. The summed E-state index contributed by atoms with van der Waals surface area (Å²) in [5, 5.41) is 10.7. The summed E-state index contributed by atoms with van der Waals surface area (Å²) in [5.74, 6) is -0.821. The maximum Gasteiger partial charge on any atom is 0.261 e. The standard InChI is InChI=1S/C22H25FN2O3/c23-19-6-2-1-5-18(19)22(27)25-9-3-4-16-14-17(7-8-20(16)25)21(26)15-24-10-12-28-13-11-24/h1-2,5-8,14,21,26H,3-4,9-13,15H2/t21-/m0/s1. The largest absolute Gasteiger partial charge is 0.387 e. The van der Waals surface area contributed by atoms with E-state index in [1.807, 2.05) is 18.2 Å². The first-order valence-electron chi connectivity index (χ1n) is 9.81. The molecule has 2 aromatic rings. The fraction of sp³-hybridized carbons (Fsp3) is 0.409. The van der Waals surface area contributed by atoms with E-state index in [0.717, 1.165) is 42.7 Å². The third kappa shape index (κ3) is 3.94. The third-order valence-corrected chi connectivity index (χ3v) is 5.49. The van der Waals surface area contributed by atoms with Crippen molar-refractivity contribution in [3.63, 3.8) is 0 Å². The molecule has 0 bridgehead atoms. The topological polar surface area (TPSA) is 53.0 Å². The molecular weight excluding hydrogens is 359 g/mol. The number of benzene rings is 2. The number of morpholine rings is 1. The summed E-state index contributed by atoms with van der Waals surface area (Å²) in [6.07, 6.45) is 1.08. The Labute approximate surface area is 164 Å². The van der Waals surface area contributed by atoms with Gasteiger partial charge in [0.1, 0.15) is 5.82 Å². The zero-order valence-corrected chi connectivity index (χ0v) is 15.8. The second kappa shape index (κ2) is 8.39. The lowest BCUT2D eigenvalue weighted by molar-refractivity contribution is 0.0143. The number of carbonyl (C=O) groups is 1. The van der Waals surface area contributed by atoms with Crippen molar-refractivity contribution in [2.75, 3.05) is 44.3 Å². The minimum atomic E-state index is -0.582. The monoisotopic (exact) mass is 384 g/mol. The number of anilines is 1. The SMILES string of the molecule is O=C(c1ccccc1F)N1CCCc2cc([C@@H](O)CN3CCOCC3)ccc21. The van der Waals surface area contributed by atoms with Crippen molar-refractivity contribution >= 4 is 11.6 Å². The molecule has 1 N–H and O–H groups in total. The molecule has 2 heterocycles. The first-order chi connectivity index (χ1) is 13.6. The van der Waals surface area contributed by atoms with Crippen LogP contribution in [0.2, 0.25) is 0 Å². The summed E-state index contributed by atoms with van der Waals surface area (Å²) >= 11 is 0. The van der Waals surface area contributed by atoms with E-state index in [1.54, 1.807) is 17.0 Å². The van der Waals surface area contributed by atoms with Gasteiger partial charge < -0.3 is 14.7 Å². The van der Waals surface area contributed by atoms with Gasteiger partial charge in [0, 0.05) is 31.9 Å². The molecule has 4 rings (SSSR count). The van der Waals surface area contributed by atoms with Crippen molar-refractivity contribution in [1.29, 1.82) is 0 Å². The number of aliphatic hydroxyl groups excluding tert-OH is 1. The van der Waals surface area contributed by atoms with E-state index in [9.17, 15) is 14.3 Å². The summed E-state index contributed by atoms with van der Waals surface area (Å²) in [7, 11) is 0. The van der Waals surface area contributed by atoms with E-state index < -0.39 is 11.9 Å². The van der Waals surface area contributed by atoms with Crippen LogP contribution in [0.5, 0.6) is 0 Å². The Morgan fingerprint density at radius 2 is 1.93 bits per heavy atom. The number of amides is 1. The van der Waals surface area contributed by atoms with Crippen LogP contribution >= 0.6 is 0 Å². The molecule has 1 amide bonds. The summed E-state index contributed by atoms with van der Waals surface area (Å²) in [6.45, 7) is 4.18. The van der Waals surface area contributed by atoms with Crippen molar-refractivity contribution in [3.8, 4) is 0 Å². The van der Waals surface area contributed by atoms with Crippen LogP contribution in [-0.2, 0) is 11.2 Å². The fourth-order valence-electron chi connectivity index (χ4n) is 3.95. The smallest absolute Gasteiger partial charge is 0.261 e. The van der Waals surface area contributed by atoms with Crippen LogP contribution in [0, 0.1) is 5.82 Å². The molecule has 0 saturated carbocycles. The van der Waals surface area contributed by atoms with Crippen molar-refractivity contribution in [1.82, 2.24) is 4.90 Å². The van der Waals surface area contributed by atoms with Crippen molar-refractivity contribution in [2.24, 2.45) is 0 Å². The Morgan fingerprint density at radius 1 is 1.14 bits per heavy atom. The van der Waals surface area contributed by atoms with Crippen LogP contribution in [-0.4, -0.2) is 55.3 Å². The molecule has 6 heteroatoms. The molecule has 0 aliphatic carbocycles. The molecule has 1 fully saturated rings. The first kappa shape index (κ1) is 19.1. The highest BCUT2D eigenvalue weighted by Gasteiger charge is 2.26. The van der Waals surface area contributed by atoms with Gasteiger partial charge in [-0.05, 0) is 42.2 Å². The molecule has 2 aromatic carbocycles. The van der Waals surface area contributed by atoms with Crippen LogP contribution in [0.15, 0.2) is 42.5 Å². The van der Waals surface area contributed by atoms with E-state index in [0.29, 0.717) is 26.3 Å². The van der Waals surface area contributed by atoms with E-state index in [4.69, 9.17) is 4.74 Å². The van der Waals surface area contributed by atoms with Gasteiger partial charge in [-0.1, -0.05) is 24.3 Å². The molecule has 5 nitrogen and oxygen atoms in total. The number of carbonyl (C=O) groups excluding carboxylic acids is 1. The Morgan fingerprint density at radius 3 is 2.71 bits per heavy atom. The van der Waals surface area contributed by atoms with Gasteiger partial charge in [0.25, 0.3) is 5.91 Å². The van der Waals surface area contributed by atoms with E-state index in [2.05, 4.69) is 4.90 Å². The highest BCUT2D eigenvalue weighted by atomic mass is 19.1. The van der Waals surface area contributed by atoms with E-state index in [-0.39, 0.29) is 11.5 Å². The minimum absolute atomic E-state index is 0.0896. The predicted octanol–water partition coefficient (Wildman–Crippen LogP) is 2.78. The zero-order chi connectivity index (χ0) is 19.5. The molecule has 0 unspecified atom stereocenters. The van der Waals surface area contributed by atoms with Crippen LogP contribution in [0.25, 0.3) is 0 Å². The molecule has 0 spiro atoms. The zero-order valence-electron chi connectivity index (χ0n) is 15.8. The Bertz CT molecular complexity index is 851. The predicted molar refractivity (Wildman–Crippen MR) is 105 cm³/mol. The van der Waals surface area contributed by atoms with Gasteiger partial charge in [-0.2, -0.15) is 0 Å². The summed E-state index contributed by atoms with van der Waals surface area (Å²) < 4.78 is 19.4. The van der Waals surface area contributed by atoms with Crippen LogP contribution < -0.4 is 4.90 Å². The lowest BCUT2D eigenvalue weighted by Gasteiger charge is -2.31. The maximum absolute atomic E-state index is 14.1. The second-order valence-electron chi connectivity index (χ2n) is 7.36. The van der Waals surface area contributed by atoms with Gasteiger partial charge in [-0.25, -0.2) is 4.39 Å². The van der Waals surface area contributed by atoms with Gasteiger partial charge in [0.05, 0.1) is 24.9 Å². The Hall–Kier alpha value is -2.28. The Kier molecular flexibility index (Phi) is 5.71. The fourth-order valence-corrected chi connectivity index (χ4v) is 3.95. The average molecular weight is 384 g/mol. The Balaban J connectivity index is 1.54. The highest BCUT2D eigenvalue weighted by Crippen LogP contribution is 2.31. The number of ether oxygens (including phenoxy) is 1. The van der Waals surface area contributed by atoms with Crippen molar-refractivity contribution in [2.45, 2.75) is 18.9 Å². The lowest BCUT2D eigenvalue weighted by atomic mass is 9.96. The first-order valence-corrected chi connectivity index (χ1v) is 9.81. The number of nitrogens with zero attached hydrogens (tertiary/aromatic N) is 2. The molecule has 0 radical (unpaired) electrons. The molecule has 28 heavy (non-hydrogen) atoms. The molecule has 0 aromatic heterocycles. The summed E-state index contributed by atoms with van der Waals surface area (Å²) in [4.78, 5) is 16.7. The van der Waals surface area contributed by atoms with Crippen molar-refractivity contribution < 1.29 is 19.0 Å². The number of aryl methyl sites for hydroxylation is 1. The molecule has 148 valence electrons. The van der Waals surface area contributed by atoms with Gasteiger partial charge in [-0.15, -0.1) is 0 Å². The number of rotatable bonds is 4. The summed E-state index contributed by atoms with van der Waals surface area (Å²) in [5.41, 5.74) is 2.77. The number of hydrogen-bond donors (Lipinski definition) is 1.